The van der Waals surface area contributed by atoms with Crippen LogP contribution < -0.4 is 10.6 Å². The van der Waals surface area contributed by atoms with Gasteiger partial charge in [0.05, 0.1) is 5.69 Å². The molecule has 0 radical (unpaired) electrons. The van der Waals surface area contributed by atoms with Crippen molar-refractivity contribution in [3.8, 4) is 0 Å². The first-order chi connectivity index (χ1) is 8.16. The second-order valence-corrected chi connectivity index (χ2v) is 4.31. The van der Waals surface area contributed by atoms with E-state index >= 15 is 0 Å². The Morgan fingerprint density at radius 2 is 2.41 bits per heavy atom. The lowest BCUT2D eigenvalue weighted by Gasteiger charge is -2.14. The summed E-state index contributed by atoms with van der Waals surface area (Å²) in [5, 5.41) is 10.4. The summed E-state index contributed by atoms with van der Waals surface area (Å²) in [5.41, 5.74) is 2.26. The van der Waals surface area contributed by atoms with Crippen molar-refractivity contribution in [2.45, 2.75) is 13.5 Å². The van der Waals surface area contributed by atoms with Crippen molar-refractivity contribution in [1.29, 1.82) is 0 Å². The summed E-state index contributed by atoms with van der Waals surface area (Å²) in [7, 11) is 1.92. The number of hydrogen-bond donors (Lipinski definition) is 2. The van der Waals surface area contributed by atoms with Gasteiger partial charge in [0.2, 0.25) is 0 Å². The minimum Gasteiger partial charge on any atom is -0.336 e. The Labute approximate surface area is 101 Å². The molecule has 1 saturated heterocycles. The first-order valence-corrected chi connectivity index (χ1v) is 5.89. The smallest absolute Gasteiger partial charge is 0.317 e. The third-order valence-electron chi connectivity index (χ3n) is 2.93. The predicted molar refractivity (Wildman–Crippen MR) is 64.6 cm³/mol. The van der Waals surface area contributed by atoms with E-state index < -0.39 is 0 Å². The minimum absolute atomic E-state index is 0.0457. The second-order valence-electron chi connectivity index (χ2n) is 4.31. The summed E-state index contributed by atoms with van der Waals surface area (Å²) < 4.78 is 1.82. The summed E-state index contributed by atoms with van der Waals surface area (Å²) in [4.78, 5) is 13.1. The van der Waals surface area contributed by atoms with Crippen molar-refractivity contribution in [2.24, 2.45) is 7.05 Å². The summed E-state index contributed by atoms with van der Waals surface area (Å²) in [6.45, 7) is 5.94. The van der Waals surface area contributed by atoms with E-state index in [0.29, 0.717) is 0 Å². The van der Waals surface area contributed by atoms with Crippen LogP contribution in [0.25, 0.3) is 0 Å². The van der Waals surface area contributed by atoms with Crippen LogP contribution in [0.4, 0.5) is 4.79 Å². The molecule has 0 atom stereocenters. The average Bonchev–Trinajstić information content (AvgIpc) is 2.81. The highest BCUT2D eigenvalue weighted by atomic mass is 16.2. The fourth-order valence-corrected chi connectivity index (χ4v) is 1.98. The Morgan fingerprint density at radius 1 is 1.59 bits per heavy atom. The number of hydrogen-bond acceptors (Lipinski definition) is 3. The zero-order valence-corrected chi connectivity index (χ0v) is 10.4. The Kier molecular flexibility index (Phi) is 3.63. The van der Waals surface area contributed by atoms with Gasteiger partial charge in [0.15, 0.2) is 0 Å². The number of aryl methyl sites for hydroxylation is 2. The van der Waals surface area contributed by atoms with Gasteiger partial charge in [-0.3, -0.25) is 4.68 Å². The van der Waals surface area contributed by atoms with E-state index in [0.717, 1.165) is 38.4 Å². The van der Waals surface area contributed by atoms with E-state index in [4.69, 9.17) is 0 Å². The van der Waals surface area contributed by atoms with Gasteiger partial charge in [-0.2, -0.15) is 5.10 Å². The highest BCUT2D eigenvalue weighted by Crippen LogP contribution is 2.03. The fourth-order valence-electron chi connectivity index (χ4n) is 1.98. The van der Waals surface area contributed by atoms with Gasteiger partial charge in [-0.1, -0.05) is 0 Å². The van der Waals surface area contributed by atoms with Gasteiger partial charge >= 0.3 is 6.03 Å². The Balaban J connectivity index is 1.69. The fraction of sp³-hybridized carbons (Fsp3) is 0.636. The molecule has 1 aliphatic rings. The first-order valence-electron chi connectivity index (χ1n) is 5.89. The maximum Gasteiger partial charge on any atom is 0.317 e. The SMILES string of the molecule is Cc1nn(C)cc1CNCCN1CCNC1=O. The van der Waals surface area contributed by atoms with Gasteiger partial charge in [-0.05, 0) is 6.92 Å². The maximum absolute atomic E-state index is 11.3. The summed E-state index contributed by atoms with van der Waals surface area (Å²) in [6.07, 6.45) is 2.02. The van der Waals surface area contributed by atoms with E-state index in [-0.39, 0.29) is 6.03 Å². The number of nitrogens with one attached hydrogen (secondary N) is 2. The third kappa shape index (κ3) is 2.97. The molecule has 1 fully saturated rings. The standard InChI is InChI=1S/C11H19N5O/c1-9-10(8-15(2)14-9)7-12-3-5-16-6-4-13-11(16)17/h8,12H,3-7H2,1-2H3,(H,13,17). The Hall–Kier alpha value is -1.56. The van der Waals surface area contributed by atoms with Crippen LogP contribution in [-0.2, 0) is 13.6 Å². The molecule has 0 saturated carbocycles. The summed E-state index contributed by atoms with van der Waals surface area (Å²) in [6, 6.07) is 0.0457. The molecule has 6 nitrogen and oxygen atoms in total. The van der Waals surface area contributed by atoms with Crippen molar-refractivity contribution in [3.05, 3.63) is 17.5 Å². The Morgan fingerprint density at radius 3 is 3.00 bits per heavy atom. The van der Waals surface area contributed by atoms with Crippen LogP contribution in [-0.4, -0.2) is 46.9 Å². The van der Waals surface area contributed by atoms with Crippen LogP contribution in [0, 0.1) is 6.92 Å². The van der Waals surface area contributed by atoms with Gasteiger partial charge in [0, 0.05) is 51.5 Å². The zero-order chi connectivity index (χ0) is 12.3. The number of nitrogens with zero attached hydrogens (tertiary/aromatic N) is 3. The van der Waals surface area contributed by atoms with E-state index in [1.807, 2.05) is 29.7 Å². The van der Waals surface area contributed by atoms with Gasteiger partial charge in [-0.15, -0.1) is 0 Å². The Bertz CT molecular complexity index is 401. The molecule has 2 amide bonds. The van der Waals surface area contributed by atoms with E-state index in [1.165, 1.54) is 5.56 Å². The highest BCUT2D eigenvalue weighted by Gasteiger charge is 2.18. The number of carbonyl (C=O) groups is 1. The monoisotopic (exact) mass is 237 g/mol. The molecule has 0 bridgehead atoms. The number of amides is 2. The summed E-state index contributed by atoms with van der Waals surface area (Å²) >= 11 is 0. The van der Waals surface area contributed by atoms with Crippen molar-refractivity contribution in [3.63, 3.8) is 0 Å². The molecule has 0 aromatic carbocycles. The molecule has 2 N–H and O–H groups in total. The molecule has 0 spiro atoms. The molecule has 17 heavy (non-hydrogen) atoms. The second kappa shape index (κ2) is 5.18. The van der Waals surface area contributed by atoms with Crippen LogP contribution in [0.3, 0.4) is 0 Å². The third-order valence-corrected chi connectivity index (χ3v) is 2.93. The van der Waals surface area contributed by atoms with Crippen LogP contribution in [0.15, 0.2) is 6.20 Å². The molecule has 1 aromatic heterocycles. The lowest BCUT2D eigenvalue weighted by atomic mass is 10.2. The van der Waals surface area contributed by atoms with Gasteiger partial charge < -0.3 is 15.5 Å². The van der Waals surface area contributed by atoms with Crippen molar-refractivity contribution >= 4 is 6.03 Å². The molecule has 2 rings (SSSR count). The molecule has 2 heterocycles. The zero-order valence-electron chi connectivity index (χ0n) is 10.4. The van der Waals surface area contributed by atoms with Crippen LogP contribution >= 0.6 is 0 Å². The molecular formula is C11H19N5O. The number of carbonyl (C=O) groups excluding carboxylic acids is 1. The quantitative estimate of drug-likeness (QED) is 0.700. The maximum atomic E-state index is 11.3. The van der Waals surface area contributed by atoms with Crippen LogP contribution in [0.2, 0.25) is 0 Å². The number of urea groups is 1. The van der Waals surface area contributed by atoms with Crippen molar-refractivity contribution in [2.75, 3.05) is 26.2 Å². The molecule has 0 aliphatic carbocycles. The minimum atomic E-state index is 0.0457. The molecular weight excluding hydrogens is 218 g/mol. The first kappa shape index (κ1) is 11.9. The molecule has 0 unspecified atom stereocenters. The molecule has 94 valence electrons. The average molecular weight is 237 g/mol. The van der Waals surface area contributed by atoms with Gasteiger partial charge in [0.25, 0.3) is 0 Å². The highest BCUT2D eigenvalue weighted by molar-refractivity contribution is 5.76. The van der Waals surface area contributed by atoms with Crippen LogP contribution in [0.5, 0.6) is 0 Å². The van der Waals surface area contributed by atoms with Crippen molar-refractivity contribution in [1.82, 2.24) is 25.3 Å². The number of rotatable bonds is 5. The topological polar surface area (TPSA) is 62.2 Å². The lowest BCUT2D eigenvalue weighted by Crippen LogP contribution is -2.34. The van der Waals surface area contributed by atoms with E-state index in [9.17, 15) is 4.79 Å². The summed E-state index contributed by atoms with van der Waals surface area (Å²) in [5.74, 6) is 0. The number of aromatic nitrogens is 2. The lowest BCUT2D eigenvalue weighted by molar-refractivity contribution is 0.217. The van der Waals surface area contributed by atoms with Gasteiger partial charge in [0.1, 0.15) is 0 Å². The largest absolute Gasteiger partial charge is 0.336 e. The van der Waals surface area contributed by atoms with Crippen molar-refractivity contribution < 1.29 is 4.79 Å². The van der Waals surface area contributed by atoms with Crippen LogP contribution in [0.1, 0.15) is 11.3 Å². The molecule has 6 heteroatoms. The van der Waals surface area contributed by atoms with E-state index in [2.05, 4.69) is 15.7 Å². The van der Waals surface area contributed by atoms with E-state index in [1.54, 1.807) is 0 Å². The predicted octanol–water partition coefficient (Wildman–Crippen LogP) is -0.157. The molecule has 1 aromatic rings. The normalized spacial score (nSPS) is 15.4. The molecule has 1 aliphatic heterocycles. The van der Waals surface area contributed by atoms with Gasteiger partial charge in [-0.25, -0.2) is 4.79 Å².